The average Bonchev–Trinajstić information content (AvgIpc) is 3.12. The number of hydrogen-bond donors (Lipinski definition) is 0. The van der Waals surface area contributed by atoms with Gasteiger partial charge in [0.15, 0.2) is 24.3 Å². The average molecular weight is 342 g/mol. The van der Waals surface area contributed by atoms with Crippen molar-refractivity contribution in [1.29, 1.82) is 0 Å². The summed E-state index contributed by atoms with van der Waals surface area (Å²) in [5.41, 5.74) is 0.766. The fraction of sp³-hybridized carbons (Fsp3) is 0.167. The maximum absolute atomic E-state index is 13.4. The van der Waals surface area contributed by atoms with E-state index >= 15 is 0 Å². The zero-order valence-corrected chi connectivity index (χ0v) is 13.4. The minimum atomic E-state index is -0.748. The van der Waals surface area contributed by atoms with Crippen LogP contribution in [0.3, 0.4) is 0 Å². The molecule has 0 aliphatic rings. The zero-order valence-electron chi connectivity index (χ0n) is 13.4. The second-order valence-electron chi connectivity index (χ2n) is 5.16. The minimum absolute atomic E-state index is 0.0174. The molecule has 0 amide bonds. The third-order valence-corrected chi connectivity index (χ3v) is 3.30. The van der Waals surface area contributed by atoms with Gasteiger partial charge < -0.3 is 13.9 Å². The Morgan fingerprint density at radius 1 is 1.12 bits per heavy atom. The summed E-state index contributed by atoms with van der Waals surface area (Å²) >= 11 is 0. The standard InChI is InChI=1S/C18H15FN2O4/c1-12(17-20-21-18(25-17)13-7-3-2-4-8-13)24-16(22)11-23-15-10-6-5-9-14(15)19/h2-10,12H,11H2,1H3/t12-/m1/s1. The Morgan fingerprint density at radius 3 is 2.60 bits per heavy atom. The van der Waals surface area contributed by atoms with Crippen molar-refractivity contribution in [2.45, 2.75) is 13.0 Å². The van der Waals surface area contributed by atoms with E-state index in [-0.39, 0.29) is 11.6 Å². The molecule has 1 heterocycles. The smallest absolute Gasteiger partial charge is 0.344 e. The number of ether oxygens (including phenoxy) is 2. The maximum atomic E-state index is 13.4. The van der Waals surface area contributed by atoms with Gasteiger partial charge in [-0.15, -0.1) is 10.2 Å². The van der Waals surface area contributed by atoms with Crippen molar-refractivity contribution in [1.82, 2.24) is 10.2 Å². The van der Waals surface area contributed by atoms with Crippen LogP contribution < -0.4 is 4.74 Å². The third-order valence-electron chi connectivity index (χ3n) is 3.30. The zero-order chi connectivity index (χ0) is 17.6. The van der Waals surface area contributed by atoms with Crippen LogP contribution in [0.4, 0.5) is 4.39 Å². The summed E-state index contributed by atoms with van der Waals surface area (Å²) < 4.78 is 29.2. The van der Waals surface area contributed by atoms with Gasteiger partial charge in [-0.3, -0.25) is 0 Å². The Balaban J connectivity index is 1.57. The van der Waals surface area contributed by atoms with Crippen LogP contribution in [0.25, 0.3) is 11.5 Å². The van der Waals surface area contributed by atoms with Crippen LogP contribution in [0.1, 0.15) is 18.9 Å². The van der Waals surface area contributed by atoms with Gasteiger partial charge in [0, 0.05) is 5.56 Å². The Morgan fingerprint density at radius 2 is 1.84 bits per heavy atom. The quantitative estimate of drug-likeness (QED) is 0.638. The van der Waals surface area contributed by atoms with Crippen LogP contribution in [-0.4, -0.2) is 22.8 Å². The van der Waals surface area contributed by atoms with Crippen molar-refractivity contribution >= 4 is 5.97 Å². The van der Waals surface area contributed by atoms with Crippen molar-refractivity contribution < 1.29 is 23.1 Å². The first kappa shape index (κ1) is 16.6. The minimum Gasteiger partial charge on any atom is -0.479 e. The van der Waals surface area contributed by atoms with Gasteiger partial charge in [0.2, 0.25) is 5.89 Å². The number of para-hydroxylation sites is 1. The molecule has 6 nitrogen and oxygen atoms in total. The predicted octanol–water partition coefficient (Wildman–Crippen LogP) is 3.56. The second kappa shape index (κ2) is 7.57. The monoisotopic (exact) mass is 342 g/mol. The lowest BCUT2D eigenvalue weighted by molar-refractivity contribution is -0.152. The number of rotatable bonds is 6. The highest BCUT2D eigenvalue weighted by Crippen LogP contribution is 2.22. The molecule has 0 unspecified atom stereocenters. The van der Waals surface area contributed by atoms with Crippen LogP contribution in [0.15, 0.2) is 59.0 Å². The van der Waals surface area contributed by atoms with Crippen molar-refractivity contribution in [3.05, 3.63) is 66.3 Å². The molecule has 3 aromatic rings. The lowest BCUT2D eigenvalue weighted by atomic mass is 10.2. The first-order chi connectivity index (χ1) is 12.1. The van der Waals surface area contributed by atoms with Crippen molar-refractivity contribution in [3.8, 4) is 17.2 Å². The second-order valence-corrected chi connectivity index (χ2v) is 5.16. The molecule has 3 rings (SSSR count). The van der Waals surface area contributed by atoms with E-state index in [1.54, 1.807) is 13.0 Å². The summed E-state index contributed by atoms with van der Waals surface area (Å²) in [6, 6.07) is 15.0. The van der Waals surface area contributed by atoms with E-state index < -0.39 is 24.5 Å². The topological polar surface area (TPSA) is 74.5 Å². The van der Waals surface area contributed by atoms with Gasteiger partial charge in [-0.05, 0) is 31.2 Å². The van der Waals surface area contributed by atoms with Crippen molar-refractivity contribution in [2.24, 2.45) is 0 Å². The Labute approximate surface area is 143 Å². The van der Waals surface area contributed by atoms with Crippen LogP contribution in [0.2, 0.25) is 0 Å². The third kappa shape index (κ3) is 4.20. The molecule has 0 N–H and O–H groups in total. The summed E-state index contributed by atoms with van der Waals surface area (Å²) in [5.74, 6) is -0.738. The number of hydrogen-bond acceptors (Lipinski definition) is 6. The summed E-state index contributed by atoms with van der Waals surface area (Å²) in [6.45, 7) is 1.17. The first-order valence-corrected chi connectivity index (χ1v) is 7.59. The Kier molecular flexibility index (Phi) is 5.03. The van der Waals surface area contributed by atoms with Crippen LogP contribution in [-0.2, 0) is 9.53 Å². The molecule has 0 saturated heterocycles. The fourth-order valence-corrected chi connectivity index (χ4v) is 2.08. The molecule has 0 spiro atoms. The molecule has 0 bridgehead atoms. The molecular formula is C18H15FN2O4. The lowest BCUT2D eigenvalue weighted by Gasteiger charge is -2.10. The van der Waals surface area contributed by atoms with Gasteiger partial charge >= 0.3 is 5.97 Å². The van der Waals surface area contributed by atoms with Crippen molar-refractivity contribution in [3.63, 3.8) is 0 Å². The van der Waals surface area contributed by atoms with Crippen LogP contribution in [0.5, 0.6) is 5.75 Å². The number of carbonyl (C=O) groups is 1. The number of halogens is 1. The molecule has 0 fully saturated rings. The van der Waals surface area contributed by atoms with Crippen LogP contribution in [0, 0.1) is 5.82 Å². The highest BCUT2D eigenvalue weighted by molar-refractivity contribution is 5.71. The summed E-state index contributed by atoms with van der Waals surface area (Å²) in [4.78, 5) is 11.8. The number of carbonyl (C=O) groups excluding carboxylic acids is 1. The summed E-state index contributed by atoms with van der Waals surface area (Å²) in [6.07, 6.45) is -0.748. The van der Waals surface area contributed by atoms with Gasteiger partial charge in [-0.25, -0.2) is 9.18 Å². The normalized spacial score (nSPS) is 11.8. The number of aromatic nitrogens is 2. The van der Waals surface area contributed by atoms with Gasteiger partial charge in [0.1, 0.15) is 0 Å². The van der Waals surface area contributed by atoms with E-state index in [9.17, 15) is 9.18 Å². The molecule has 2 aromatic carbocycles. The van der Waals surface area contributed by atoms with Gasteiger partial charge in [0.05, 0.1) is 0 Å². The van der Waals surface area contributed by atoms with Gasteiger partial charge in [-0.1, -0.05) is 30.3 Å². The number of esters is 1. The highest BCUT2D eigenvalue weighted by Gasteiger charge is 2.19. The first-order valence-electron chi connectivity index (χ1n) is 7.59. The van der Waals surface area contributed by atoms with E-state index in [1.165, 1.54) is 18.2 Å². The van der Waals surface area contributed by atoms with Crippen molar-refractivity contribution in [2.75, 3.05) is 6.61 Å². The summed E-state index contributed by atoms with van der Waals surface area (Å²) in [5, 5.41) is 7.81. The molecule has 7 heteroatoms. The molecule has 0 saturated carbocycles. The van der Waals surface area contributed by atoms with Gasteiger partial charge in [-0.2, -0.15) is 0 Å². The van der Waals surface area contributed by atoms with E-state index in [2.05, 4.69) is 10.2 Å². The van der Waals surface area contributed by atoms with Crippen LogP contribution >= 0.6 is 0 Å². The summed E-state index contributed by atoms with van der Waals surface area (Å²) in [7, 11) is 0. The predicted molar refractivity (Wildman–Crippen MR) is 86.1 cm³/mol. The maximum Gasteiger partial charge on any atom is 0.344 e. The molecule has 128 valence electrons. The Bertz CT molecular complexity index is 851. The van der Waals surface area contributed by atoms with Gasteiger partial charge in [0.25, 0.3) is 5.89 Å². The fourth-order valence-electron chi connectivity index (χ4n) is 2.08. The molecule has 1 atom stereocenters. The van der Waals surface area contributed by atoms with E-state index in [0.717, 1.165) is 5.56 Å². The Hall–Kier alpha value is -3.22. The number of benzene rings is 2. The molecule has 1 aromatic heterocycles. The van der Waals surface area contributed by atoms with E-state index in [1.807, 2.05) is 30.3 Å². The largest absolute Gasteiger partial charge is 0.479 e. The SMILES string of the molecule is C[C@@H](OC(=O)COc1ccccc1F)c1nnc(-c2ccccc2)o1. The molecule has 0 aliphatic carbocycles. The number of nitrogens with zero attached hydrogens (tertiary/aromatic N) is 2. The molecule has 25 heavy (non-hydrogen) atoms. The molecule has 0 radical (unpaired) electrons. The lowest BCUT2D eigenvalue weighted by Crippen LogP contribution is -2.17. The molecular weight excluding hydrogens is 327 g/mol. The highest BCUT2D eigenvalue weighted by atomic mass is 19.1. The van der Waals surface area contributed by atoms with E-state index in [4.69, 9.17) is 13.9 Å². The van der Waals surface area contributed by atoms with E-state index in [0.29, 0.717) is 5.89 Å². The molecule has 0 aliphatic heterocycles.